The molecule has 1 aromatic heterocycles. The fourth-order valence-electron chi connectivity index (χ4n) is 3.98. The van der Waals surface area contributed by atoms with Gasteiger partial charge in [0.2, 0.25) is 10.0 Å². The predicted octanol–water partition coefficient (Wildman–Crippen LogP) is 1.72. The molecule has 0 aliphatic carbocycles. The Morgan fingerprint density at radius 2 is 1.84 bits per heavy atom. The number of rotatable bonds is 6. The van der Waals surface area contributed by atoms with Gasteiger partial charge in [0.1, 0.15) is 11.6 Å². The smallest absolute Gasteiger partial charge is 0.214 e. The van der Waals surface area contributed by atoms with Crippen molar-refractivity contribution in [2.45, 2.75) is 57.9 Å². The first-order chi connectivity index (χ1) is 12.0. The van der Waals surface area contributed by atoms with Crippen LogP contribution in [0.1, 0.15) is 63.0 Å². The summed E-state index contributed by atoms with van der Waals surface area (Å²) in [4.78, 5) is 2.44. The van der Waals surface area contributed by atoms with E-state index in [9.17, 15) is 8.42 Å². The highest BCUT2D eigenvalue weighted by molar-refractivity contribution is 7.89. The van der Waals surface area contributed by atoms with Crippen LogP contribution in [-0.4, -0.2) is 64.3 Å². The molecule has 7 nitrogen and oxygen atoms in total. The van der Waals surface area contributed by atoms with Gasteiger partial charge in [-0.25, -0.2) is 12.7 Å². The molecule has 0 amide bonds. The van der Waals surface area contributed by atoms with Crippen molar-refractivity contribution in [1.29, 1.82) is 0 Å². The van der Waals surface area contributed by atoms with Crippen molar-refractivity contribution in [3.63, 3.8) is 0 Å². The van der Waals surface area contributed by atoms with Crippen molar-refractivity contribution >= 4 is 10.0 Å². The Bertz CT molecular complexity index is 667. The van der Waals surface area contributed by atoms with Crippen LogP contribution in [-0.2, 0) is 23.6 Å². The molecule has 0 N–H and O–H groups in total. The zero-order valence-corrected chi connectivity index (χ0v) is 16.3. The van der Waals surface area contributed by atoms with E-state index >= 15 is 0 Å². The van der Waals surface area contributed by atoms with Gasteiger partial charge in [-0.1, -0.05) is 13.3 Å². The Morgan fingerprint density at radius 3 is 2.56 bits per heavy atom. The van der Waals surface area contributed by atoms with E-state index < -0.39 is 10.0 Å². The van der Waals surface area contributed by atoms with Gasteiger partial charge in [-0.2, -0.15) is 0 Å². The maximum absolute atomic E-state index is 12.4. The van der Waals surface area contributed by atoms with Crippen molar-refractivity contribution in [1.82, 2.24) is 24.0 Å². The summed E-state index contributed by atoms with van der Waals surface area (Å²) in [6, 6.07) is 0. The third kappa shape index (κ3) is 4.41. The van der Waals surface area contributed by atoms with Gasteiger partial charge in [-0.05, 0) is 45.2 Å². The molecule has 142 valence electrons. The Kier molecular flexibility index (Phi) is 6.12. The van der Waals surface area contributed by atoms with Gasteiger partial charge in [-0.15, -0.1) is 10.2 Å². The number of piperidine rings is 2. The van der Waals surface area contributed by atoms with Crippen LogP contribution >= 0.6 is 0 Å². The van der Waals surface area contributed by atoms with Crippen LogP contribution in [0.15, 0.2) is 0 Å². The van der Waals surface area contributed by atoms with Crippen LogP contribution in [0.2, 0.25) is 0 Å². The number of likely N-dealkylation sites (tertiary alicyclic amines) is 1. The molecule has 8 heteroatoms. The van der Waals surface area contributed by atoms with E-state index in [2.05, 4.69) is 19.7 Å². The fraction of sp³-hybridized carbons (Fsp3) is 0.882. The molecular formula is C17H31N5O2S. The van der Waals surface area contributed by atoms with E-state index in [1.165, 1.54) is 19.3 Å². The van der Waals surface area contributed by atoms with Gasteiger partial charge in [0.05, 0.1) is 12.3 Å². The molecule has 2 saturated heterocycles. The van der Waals surface area contributed by atoms with Crippen molar-refractivity contribution in [3.8, 4) is 0 Å². The number of nitrogens with zero attached hydrogens (tertiary/aromatic N) is 5. The largest absolute Gasteiger partial charge is 0.317 e. The Morgan fingerprint density at radius 1 is 1.08 bits per heavy atom. The van der Waals surface area contributed by atoms with Crippen LogP contribution in [0, 0.1) is 0 Å². The maximum atomic E-state index is 12.4. The second-order valence-electron chi connectivity index (χ2n) is 7.38. The second kappa shape index (κ2) is 8.14. The minimum Gasteiger partial charge on any atom is -0.317 e. The molecular weight excluding hydrogens is 338 g/mol. The summed E-state index contributed by atoms with van der Waals surface area (Å²) < 4.78 is 28.5. The van der Waals surface area contributed by atoms with Gasteiger partial charge in [-0.3, -0.25) is 4.90 Å². The van der Waals surface area contributed by atoms with Crippen LogP contribution in [0.25, 0.3) is 0 Å². The topological polar surface area (TPSA) is 71.3 Å². The molecule has 1 aromatic rings. The molecule has 0 saturated carbocycles. The van der Waals surface area contributed by atoms with Crippen molar-refractivity contribution < 1.29 is 8.42 Å². The summed E-state index contributed by atoms with van der Waals surface area (Å²) in [6.45, 7) is 6.20. The minimum atomic E-state index is -3.14. The van der Waals surface area contributed by atoms with Crippen LogP contribution in [0.4, 0.5) is 0 Å². The first kappa shape index (κ1) is 18.8. The first-order valence-electron chi connectivity index (χ1n) is 9.59. The maximum Gasteiger partial charge on any atom is 0.214 e. The van der Waals surface area contributed by atoms with E-state index in [1.807, 2.05) is 14.0 Å². The SMILES string of the molecule is CCCS(=O)(=O)N1CCC[C@H](c2nnc(CN3CCCCC3)n2C)C1. The highest BCUT2D eigenvalue weighted by Crippen LogP contribution is 2.28. The van der Waals surface area contributed by atoms with E-state index in [0.29, 0.717) is 19.5 Å². The zero-order valence-electron chi connectivity index (χ0n) is 15.5. The summed E-state index contributed by atoms with van der Waals surface area (Å²) in [5.74, 6) is 2.31. The van der Waals surface area contributed by atoms with Gasteiger partial charge in [0, 0.05) is 26.1 Å². The van der Waals surface area contributed by atoms with Gasteiger partial charge >= 0.3 is 0 Å². The average Bonchev–Trinajstić information content (AvgIpc) is 2.97. The van der Waals surface area contributed by atoms with E-state index in [-0.39, 0.29) is 11.7 Å². The lowest BCUT2D eigenvalue weighted by molar-refractivity contribution is 0.213. The van der Waals surface area contributed by atoms with Crippen LogP contribution in [0.3, 0.4) is 0 Å². The fourth-order valence-corrected chi connectivity index (χ4v) is 5.57. The summed E-state index contributed by atoms with van der Waals surface area (Å²) in [7, 11) is -1.11. The third-order valence-corrected chi connectivity index (χ3v) is 7.46. The van der Waals surface area contributed by atoms with Gasteiger partial charge in [0.15, 0.2) is 0 Å². The molecule has 0 aromatic carbocycles. The quantitative estimate of drug-likeness (QED) is 0.763. The van der Waals surface area contributed by atoms with Gasteiger partial charge < -0.3 is 4.57 Å². The Labute approximate surface area is 151 Å². The highest BCUT2D eigenvalue weighted by atomic mass is 32.2. The molecule has 0 unspecified atom stereocenters. The monoisotopic (exact) mass is 369 g/mol. The molecule has 0 bridgehead atoms. The summed E-state index contributed by atoms with van der Waals surface area (Å²) >= 11 is 0. The number of hydrogen-bond donors (Lipinski definition) is 0. The molecule has 0 spiro atoms. The van der Waals surface area contributed by atoms with E-state index in [0.717, 1.165) is 44.1 Å². The summed E-state index contributed by atoms with van der Waals surface area (Å²) in [5.41, 5.74) is 0. The molecule has 3 heterocycles. The van der Waals surface area contributed by atoms with E-state index in [4.69, 9.17) is 0 Å². The normalized spacial score (nSPS) is 23.8. The molecule has 1 atom stereocenters. The van der Waals surface area contributed by atoms with Crippen LogP contribution in [0.5, 0.6) is 0 Å². The molecule has 2 fully saturated rings. The Hall–Kier alpha value is -0.990. The zero-order chi connectivity index (χ0) is 17.9. The summed E-state index contributed by atoms with van der Waals surface area (Å²) in [5, 5.41) is 8.84. The van der Waals surface area contributed by atoms with Crippen LogP contribution < -0.4 is 0 Å². The molecule has 25 heavy (non-hydrogen) atoms. The highest BCUT2D eigenvalue weighted by Gasteiger charge is 2.31. The van der Waals surface area contributed by atoms with Crippen molar-refractivity contribution in [3.05, 3.63) is 11.6 Å². The minimum absolute atomic E-state index is 0.146. The lowest BCUT2D eigenvalue weighted by Crippen LogP contribution is -2.40. The number of sulfonamides is 1. The molecule has 0 radical (unpaired) electrons. The van der Waals surface area contributed by atoms with Crippen molar-refractivity contribution in [2.75, 3.05) is 31.9 Å². The second-order valence-corrected chi connectivity index (χ2v) is 9.47. The third-order valence-electron chi connectivity index (χ3n) is 5.42. The summed E-state index contributed by atoms with van der Waals surface area (Å²) in [6.07, 6.45) is 6.38. The predicted molar refractivity (Wildman–Crippen MR) is 97.8 cm³/mol. The molecule has 2 aliphatic rings. The lowest BCUT2D eigenvalue weighted by Gasteiger charge is -2.31. The number of hydrogen-bond acceptors (Lipinski definition) is 5. The first-order valence-corrected chi connectivity index (χ1v) is 11.2. The molecule has 2 aliphatic heterocycles. The van der Waals surface area contributed by atoms with Crippen molar-refractivity contribution in [2.24, 2.45) is 7.05 Å². The van der Waals surface area contributed by atoms with E-state index in [1.54, 1.807) is 4.31 Å². The average molecular weight is 370 g/mol. The standard InChI is InChI=1S/C17H31N5O2S/c1-3-12-25(23,24)22-11-7-8-15(13-22)17-19-18-16(20(17)2)14-21-9-5-4-6-10-21/h15H,3-14H2,1-2H3/t15-/m0/s1. The van der Waals surface area contributed by atoms with Gasteiger partial charge in [0.25, 0.3) is 0 Å². The molecule has 3 rings (SSSR count). The Balaban J connectivity index is 1.69. The number of aromatic nitrogens is 3. The lowest BCUT2D eigenvalue weighted by atomic mass is 9.99.